The monoisotopic (exact) mass is 637 g/mol. The number of para-hydroxylation sites is 2. The molecule has 0 bridgehead atoms. The van der Waals surface area contributed by atoms with Gasteiger partial charge in [0.15, 0.2) is 5.58 Å². The fraction of sp³-hybridized carbons (Fsp3) is 0. The summed E-state index contributed by atoms with van der Waals surface area (Å²) in [5.41, 5.74) is 9.59. The van der Waals surface area contributed by atoms with Crippen LogP contribution in [0.4, 0.5) is 17.1 Å². The second-order valence-corrected chi connectivity index (χ2v) is 12.9. The Balaban J connectivity index is 1.20. The summed E-state index contributed by atoms with van der Waals surface area (Å²) in [4.78, 5) is 2.35. The van der Waals surface area contributed by atoms with Crippen molar-refractivity contribution in [2.45, 2.75) is 0 Å². The highest BCUT2D eigenvalue weighted by Crippen LogP contribution is 2.44. The average Bonchev–Trinajstić information content (AvgIpc) is 3.57. The summed E-state index contributed by atoms with van der Waals surface area (Å²) in [5, 5.41) is 9.70. The molecule has 0 amide bonds. The van der Waals surface area contributed by atoms with E-state index in [1.54, 1.807) is 0 Å². The fourth-order valence-corrected chi connectivity index (χ4v) is 7.63. The van der Waals surface area contributed by atoms with Crippen LogP contribution in [0.5, 0.6) is 0 Å². The van der Waals surface area contributed by atoms with Gasteiger partial charge in [-0.05, 0) is 103 Å². The zero-order valence-electron chi connectivity index (χ0n) is 27.3. The molecule has 10 aromatic rings. The van der Waals surface area contributed by atoms with Crippen molar-refractivity contribution in [3.05, 3.63) is 188 Å². The van der Waals surface area contributed by atoms with Crippen LogP contribution in [0.15, 0.2) is 192 Å². The molecule has 0 saturated heterocycles. The summed E-state index contributed by atoms with van der Waals surface area (Å²) in [6.07, 6.45) is 0. The van der Waals surface area contributed by atoms with Gasteiger partial charge in [0, 0.05) is 22.1 Å². The van der Waals surface area contributed by atoms with Gasteiger partial charge in [-0.1, -0.05) is 140 Å². The minimum absolute atomic E-state index is 0.867. The molecule has 1 aromatic heterocycles. The van der Waals surface area contributed by atoms with Gasteiger partial charge in [-0.2, -0.15) is 0 Å². The quantitative estimate of drug-likeness (QED) is 0.175. The van der Waals surface area contributed by atoms with Crippen LogP contribution in [0.25, 0.3) is 76.5 Å². The van der Waals surface area contributed by atoms with Crippen molar-refractivity contribution in [2.75, 3.05) is 4.90 Å². The van der Waals surface area contributed by atoms with Crippen LogP contribution >= 0.6 is 0 Å². The normalized spacial score (nSPS) is 11.6. The second-order valence-electron chi connectivity index (χ2n) is 12.9. The van der Waals surface area contributed by atoms with Gasteiger partial charge >= 0.3 is 0 Å². The van der Waals surface area contributed by atoms with Crippen molar-refractivity contribution >= 4 is 71.3 Å². The van der Waals surface area contributed by atoms with Crippen LogP contribution in [0, 0.1) is 0 Å². The molecule has 1 heterocycles. The van der Waals surface area contributed by atoms with Crippen molar-refractivity contribution in [1.29, 1.82) is 0 Å². The molecule has 50 heavy (non-hydrogen) atoms. The third-order valence-corrected chi connectivity index (χ3v) is 9.99. The third kappa shape index (κ3) is 4.65. The molecule has 0 radical (unpaired) electrons. The maximum absolute atomic E-state index is 6.65. The van der Waals surface area contributed by atoms with Crippen LogP contribution < -0.4 is 4.90 Å². The van der Waals surface area contributed by atoms with E-state index in [2.05, 4.69) is 187 Å². The van der Waals surface area contributed by atoms with Crippen molar-refractivity contribution in [3.8, 4) is 22.3 Å². The maximum atomic E-state index is 6.65. The van der Waals surface area contributed by atoms with E-state index in [9.17, 15) is 0 Å². The van der Waals surface area contributed by atoms with E-state index >= 15 is 0 Å². The smallest absolute Gasteiger partial charge is 0.159 e. The summed E-state index contributed by atoms with van der Waals surface area (Å²) in [6, 6.07) is 67.5. The molecule has 0 aliphatic rings. The fourth-order valence-electron chi connectivity index (χ4n) is 7.63. The van der Waals surface area contributed by atoms with Crippen molar-refractivity contribution < 1.29 is 4.42 Å². The average molecular weight is 638 g/mol. The first-order valence-electron chi connectivity index (χ1n) is 17.1. The molecule has 0 N–H and O–H groups in total. The van der Waals surface area contributed by atoms with Crippen LogP contribution in [-0.4, -0.2) is 0 Å². The lowest BCUT2D eigenvalue weighted by Gasteiger charge is -2.26. The summed E-state index contributed by atoms with van der Waals surface area (Å²) in [5.74, 6) is 0. The number of hydrogen-bond donors (Lipinski definition) is 0. The number of fused-ring (bicyclic) bond motifs is 7. The van der Waals surface area contributed by atoms with E-state index in [1.807, 2.05) is 6.07 Å². The zero-order chi connectivity index (χ0) is 33.0. The molecule has 2 nitrogen and oxygen atoms in total. The van der Waals surface area contributed by atoms with E-state index in [1.165, 1.54) is 43.4 Å². The standard InChI is InChI=1S/C48H31NO/c1-2-13-33-28-35(27-26-32(33)12-1)34-15-9-17-38(29-34)49(46-24-11-23-44-43-22-7-8-25-47(43)50-48(44)46)39-18-10-16-36(30-39)45-31-37-14-3-4-19-40(37)41-20-5-6-21-42(41)45/h1-31H. The SMILES string of the molecule is c1cc(-c2ccc3ccccc3c2)cc(N(c2cccc(-c3cc4ccccc4c4ccccc34)c2)c2cccc3c2oc2ccccc23)c1. The molecule has 234 valence electrons. The number of hydrogen-bond acceptors (Lipinski definition) is 2. The van der Waals surface area contributed by atoms with Crippen LogP contribution in [0.3, 0.4) is 0 Å². The lowest BCUT2D eigenvalue weighted by molar-refractivity contribution is 0.669. The first-order chi connectivity index (χ1) is 24.8. The van der Waals surface area contributed by atoms with E-state index in [4.69, 9.17) is 4.42 Å². The number of benzene rings is 9. The first kappa shape index (κ1) is 28.4. The number of furan rings is 1. The van der Waals surface area contributed by atoms with Gasteiger partial charge in [0.25, 0.3) is 0 Å². The molecule has 2 heteroatoms. The Kier molecular flexibility index (Phi) is 6.53. The summed E-state index contributed by atoms with van der Waals surface area (Å²) in [6.45, 7) is 0. The Bertz CT molecular complexity index is 2900. The van der Waals surface area contributed by atoms with E-state index in [-0.39, 0.29) is 0 Å². The molecular weight excluding hydrogens is 607 g/mol. The molecule has 0 atom stereocenters. The minimum atomic E-state index is 0.867. The van der Waals surface area contributed by atoms with Gasteiger partial charge in [0.05, 0.1) is 5.69 Å². The Morgan fingerprint density at radius 1 is 0.340 bits per heavy atom. The molecule has 0 fully saturated rings. The Labute approximate surface area is 290 Å². The maximum Gasteiger partial charge on any atom is 0.159 e. The van der Waals surface area contributed by atoms with Crippen LogP contribution in [0.1, 0.15) is 0 Å². The number of anilines is 3. The second kappa shape index (κ2) is 11.5. The molecule has 0 saturated carbocycles. The molecule has 0 spiro atoms. The van der Waals surface area contributed by atoms with Gasteiger partial charge in [0.1, 0.15) is 5.58 Å². The molecule has 9 aromatic carbocycles. The molecular formula is C48H31NO. The topological polar surface area (TPSA) is 16.4 Å². The first-order valence-corrected chi connectivity index (χ1v) is 17.1. The minimum Gasteiger partial charge on any atom is -0.454 e. The van der Waals surface area contributed by atoms with E-state index < -0.39 is 0 Å². The van der Waals surface area contributed by atoms with E-state index in [0.29, 0.717) is 0 Å². The summed E-state index contributed by atoms with van der Waals surface area (Å²) < 4.78 is 6.65. The lowest BCUT2D eigenvalue weighted by atomic mass is 9.93. The van der Waals surface area contributed by atoms with Crippen molar-refractivity contribution in [1.82, 2.24) is 0 Å². The highest BCUT2D eigenvalue weighted by molar-refractivity contribution is 6.14. The van der Waals surface area contributed by atoms with Crippen LogP contribution in [0.2, 0.25) is 0 Å². The molecule has 10 rings (SSSR count). The van der Waals surface area contributed by atoms with Crippen molar-refractivity contribution in [3.63, 3.8) is 0 Å². The Morgan fingerprint density at radius 2 is 0.940 bits per heavy atom. The van der Waals surface area contributed by atoms with Gasteiger partial charge in [-0.3, -0.25) is 0 Å². The van der Waals surface area contributed by atoms with Gasteiger partial charge in [-0.15, -0.1) is 0 Å². The highest BCUT2D eigenvalue weighted by Gasteiger charge is 2.20. The predicted octanol–water partition coefficient (Wildman–Crippen LogP) is 13.8. The largest absolute Gasteiger partial charge is 0.454 e. The third-order valence-electron chi connectivity index (χ3n) is 9.99. The number of rotatable bonds is 5. The van der Waals surface area contributed by atoms with Crippen molar-refractivity contribution in [2.24, 2.45) is 0 Å². The lowest BCUT2D eigenvalue weighted by Crippen LogP contribution is -2.10. The zero-order valence-corrected chi connectivity index (χ0v) is 27.3. The van der Waals surface area contributed by atoms with Crippen LogP contribution in [-0.2, 0) is 0 Å². The van der Waals surface area contributed by atoms with Gasteiger partial charge < -0.3 is 9.32 Å². The number of nitrogens with zero attached hydrogens (tertiary/aromatic N) is 1. The van der Waals surface area contributed by atoms with Gasteiger partial charge in [-0.25, -0.2) is 0 Å². The molecule has 0 aliphatic carbocycles. The molecule has 0 aliphatic heterocycles. The Morgan fingerprint density at radius 3 is 1.78 bits per heavy atom. The Hall–Kier alpha value is -6.64. The molecule has 0 unspecified atom stereocenters. The van der Waals surface area contributed by atoms with Gasteiger partial charge in [0.2, 0.25) is 0 Å². The summed E-state index contributed by atoms with van der Waals surface area (Å²) >= 11 is 0. The van der Waals surface area contributed by atoms with E-state index in [0.717, 1.165) is 50.1 Å². The summed E-state index contributed by atoms with van der Waals surface area (Å²) in [7, 11) is 0. The highest BCUT2D eigenvalue weighted by atomic mass is 16.3. The predicted molar refractivity (Wildman–Crippen MR) is 212 cm³/mol.